The van der Waals surface area contributed by atoms with Gasteiger partial charge in [0.2, 0.25) is 0 Å². The van der Waals surface area contributed by atoms with Crippen LogP contribution in [0.25, 0.3) is 5.70 Å². The molecule has 128 valence electrons. The quantitative estimate of drug-likeness (QED) is 0.823. The van der Waals surface area contributed by atoms with Crippen LogP contribution in [0, 0.1) is 11.3 Å². The number of methoxy groups -OCH3 is 1. The minimum absolute atomic E-state index is 0.00326. The molecule has 26 heavy (non-hydrogen) atoms. The average molecular weight is 342 g/mol. The van der Waals surface area contributed by atoms with Gasteiger partial charge in [0.05, 0.1) is 30.4 Å². The van der Waals surface area contributed by atoms with Gasteiger partial charge in [-0.05, 0) is 24.6 Å². The summed E-state index contributed by atoms with van der Waals surface area (Å²) < 4.78 is 5.24. The molecule has 0 spiro atoms. The Morgan fingerprint density at radius 1 is 1.08 bits per heavy atom. The first-order chi connectivity index (χ1) is 12.6. The van der Waals surface area contributed by atoms with Crippen molar-refractivity contribution >= 4 is 11.5 Å². The highest BCUT2D eigenvalue weighted by Crippen LogP contribution is 2.49. The summed E-state index contributed by atoms with van der Waals surface area (Å²) in [6.45, 7) is 1.93. The first kappa shape index (κ1) is 16.2. The van der Waals surface area contributed by atoms with Crippen LogP contribution in [0.15, 0.2) is 65.4 Å². The molecule has 2 aromatic carbocycles. The van der Waals surface area contributed by atoms with Crippen molar-refractivity contribution in [3.05, 3.63) is 82.1 Å². The summed E-state index contributed by atoms with van der Waals surface area (Å²) in [5.74, 6) is 0.386. The second-order valence-corrected chi connectivity index (χ2v) is 6.51. The van der Waals surface area contributed by atoms with Crippen LogP contribution in [0.4, 0.5) is 0 Å². The summed E-state index contributed by atoms with van der Waals surface area (Å²) >= 11 is 0. The predicted molar refractivity (Wildman–Crippen MR) is 99.5 cm³/mol. The molecule has 2 aromatic rings. The van der Waals surface area contributed by atoms with Crippen molar-refractivity contribution in [3.8, 4) is 11.8 Å². The molecule has 0 radical (unpaired) electrons. The molecule has 1 aliphatic heterocycles. The van der Waals surface area contributed by atoms with Gasteiger partial charge in [-0.2, -0.15) is 5.26 Å². The van der Waals surface area contributed by atoms with Crippen molar-refractivity contribution in [1.29, 1.82) is 5.26 Å². The summed E-state index contributed by atoms with van der Waals surface area (Å²) in [7, 11) is 3.54. The molecule has 0 amide bonds. The van der Waals surface area contributed by atoms with Gasteiger partial charge in [0.15, 0.2) is 5.78 Å². The Morgan fingerprint density at radius 3 is 2.35 bits per heavy atom. The van der Waals surface area contributed by atoms with Gasteiger partial charge in [0, 0.05) is 29.4 Å². The van der Waals surface area contributed by atoms with Crippen LogP contribution in [0.1, 0.15) is 34.3 Å². The smallest absolute Gasteiger partial charge is 0.192 e. The second-order valence-electron chi connectivity index (χ2n) is 6.51. The SMILES string of the molecule is COc1ccc([C@@H]2C(C#N)=C(C)N(C)C3=C2C(=O)c2ccccc23)cc1. The molecule has 1 aliphatic carbocycles. The van der Waals surface area contributed by atoms with E-state index in [2.05, 4.69) is 6.07 Å². The number of hydrogen-bond acceptors (Lipinski definition) is 4. The molecule has 4 rings (SSSR count). The molecular weight excluding hydrogens is 324 g/mol. The maximum Gasteiger partial charge on any atom is 0.192 e. The zero-order valence-electron chi connectivity index (χ0n) is 14.9. The first-order valence-corrected chi connectivity index (χ1v) is 8.45. The summed E-state index contributed by atoms with van der Waals surface area (Å²) in [4.78, 5) is 15.2. The molecule has 0 fully saturated rings. The van der Waals surface area contributed by atoms with E-state index in [0.29, 0.717) is 16.7 Å². The topological polar surface area (TPSA) is 53.3 Å². The van der Waals surface area contributed by atoms with Crippen molar-refractivity contribution in [2.45, 2.75) is 12.8 Å². The average Bonchev–Trinajstić information content (AvgIpc) is 2.97. The number of nitriles is 1. The summed E-state index contributed by atoms with van der Waals surface area (Å²) in [6.07, 6.45) is 0. The molecule has 0 saturated carbocycles. The third kappa shape index (κ3) is 2.11. The van der Waals surface area contributed by atoms with E-state index in [4.69, 9.17) is 4.74 Å². The maximum absolute atomic E-state index is 13.2. The lowest BCUT2D eigenvalue weighted by atomic mass is 9.80. The molecule has 0 unspecified atom stereocenters. The predicted octanol–water partition coefficient (Wildman–Crippen LogP) is 4.13. The van der Waals surface area contributed by atoms with Crippen LogP contribution in [0.3, 0.4) is 0 Å². The standard InChI is InChI=1S/C22H18N2O2/c1-13-18(12-23)19(14-8-10-15(26-3)11-9-14)20-21(24(13)2)16-6-4-5-7-17(16)22(20)25/h4-11,19H,1-3H3/t19-/m1/s1. The van der Waals surface area contributed by atoms with Gasteiger partial charge in [0.1, 0.15) is 5.75 Å². The monoisotopic (exact) mass is 342 g/mol. The molecule has 1 heterocycles. The summed E-state index contributed by atoms with van der Waals surface area (Å²) in [5, 5.41) is 9.84. The van der Waals surface area contributed by atoms with Crippen LogP contribution in [0.2, 0.25) is 0 Å². The lowest BCUT2D eigenvalue weighted by Gasteiger charge is -2.33. The van der Waals surface area contributed by atoms with E-state index in [0.717, 1.165) is 28.3 Å². The van der Waals surface area contributed by atoms with E-state index in [1.807, 2.05) is 67.4 Å². The maximum atomic E-state index is 13.2. The number of rotatable bonds is 2. The van der Waals surface area contributed by atoms with E-state index in [9.17, 15) is 10.1 Å². The number of ether oxygens (including phenoxy) is 1. The third-order valence-corrected chi connectivity index (χ3v) is 5.30. The zero-order valence-corrected chi connectivity index (χ0v) is 14.9. The Balaban J connectivity index is 1.96. The number of carbonyl (C=O) groups is 1. The number of fused-ring (bicyclic) bond motifs is 2. The van der Waals surface area contributed by atoms with Gasteiger partial charge >= 0.3 is 0 Å². The molecule has 4 nitrogen and oxygen atoms in total. The number of allylic oxidation sites excluding steroid dienone is 3. The Bertz CT molecular complexity index is 1020. The fraction of sp³-hybridized carbons (Fsp3) is 0.182. The van der Waals surface area contributed by atoms with Crippen molar-refractivity contribution < 1.29 is 9.53 Å². The highest BCUT2D eigenvalue weighted by molar-refractivity contribution is 6.22. The molecule has 4 heteroatoms. The summed E-state index contributed by atoms with van der Waals surface area (Å²) in [6, 6.07) is 17.6. The Kier molecular flexibility index (Phi) is 3.66. The molecule has 1 atom stereocenters. The van der Waals surface area contributed by atoms with Crippen molar-refractivity contribution in [2.75, 3.05) is 14.2 Å². The van der Waals surface area contributed by atoms with Crippen LogP contribution >= 0.6 is 0 Å². The van der Waals surface area contributed by atoms with Gasteiger partial charge < -0.3 is 9.64 Å². The fourth-order valence-electron chi connectivity index (χ4n) is 3.89. The molecule has 0 aromatic heterocycles. The lowest BCUT2D eigenvalue weighted by Crippen LogP contribution is -2.26. The van der Waals surface area contributed by atoms with Gasteiger partial charge in [-0.3, -0.25) is 4.79 Å². The first-order valence-electron chi connectivity index (χ1n) is 8.45. The Hall–Kier alpha value is -3.32. The largest absolute Gasteiger partial charge is 0.497 e. The molecule has 2 aliphatic rings. The number of carbonyl (C=O) groups excluding carboxylic acids is 1. The number of ketones is 1. The number of Topliss-reactive ketones (excluding diaryl/α,β-unsaturated/α-hetero) is 1. The van der Waals surface area contributed by atoms with Gasteiger partial charge in [-0.15, -0.1) is 0 Å². The van der Waals surface area contributed by atoms with Crippen molar-refractivity contribution in [1.82, 2.24) is 4.90 Å². The highest BCUT2D eigenvalue weighted by atomic mass is 16.5. The minimum atomic E-state index is -0.364. The fourth-order valence-corrected chi connectivity index (χ4v) is 3.89. The van der Waals surface area contributed by atoms with Crippen LogP contribution in [0.5, 0.6) is 5.75 Å². The molecular formula is C22H18N2O2. The highest BCUT2D eigenvalue weighted by Gasteiger charge is 2.42. The third-order valence-electron chi connectivity index (χ3n) is 5.30. The van der Waals surface area contributed by atoms with E-state index < -0.39 is 0 Å². The Morgan fingerprint density at radius 2 is 1.73 bits per heavy atom. The number of benzene rings is 2. The molecule has 0 bridgehead atoms. The minimum Gasteiger partial charge on any atom is -0.497 e. The van der Waals surface area contributed by atoms with E-state index >= 15 is 0 Å². The second kappa shape index (κ2) is 5.89. The molecule has 0 saturated heterocycles. The van der Waals surface area contributed by atoms with Crippen LogP contribution in [-0.4, -0.2) is 24.8 Å². The number of nitrogens with zero attached hydrogens (tertiary/aromatic N) is 2. The van der Waals surface area contributed by atoms with Gasteiger partial charge in [-0.1, -0.05) is 36.4 Å². The van der Waals surface area contributed by atoms with Crippen molar-refractivity contribution in [2.24, 2.45) is 0 Å². The van der Waals surface area contributed by atoms with Gasteiger partial charge in [0.25, 0.3) is 0 Å². The van der Waals surface area contributed by atoms with Gasteiger partial charge in [-0.25, -0.2) is 0 Å². The Labute approximate surface area is 152 Å². The number of hydrogen-bond donors (Lipinski definition) is 0. The lowest BCUT2D eigenvalue weighted by molar-refractivity contribution is 0.103. The van der Waals surface area contributed by atoms with Crippen LogP contribution in [-0.2, 0) is 0 Å². The molecule has 0 N–H and O–H groups in total. The van der Waals surface area contributed by atoms with Crippen LogP contribution < -0.4 is 4.74 Å². The summed E-state index contributed by atoms with van der Waals surface area (Å²) in [5.41, 5.74) is 5.63. The van der Waals surface area contributed by atoms with E-state index in [1.54, 1.807) is 7.11 Å². The zero-order chi connectivity index (χ0) is 18.4. The van der Waals surface area contributed by atoms with E-state index in [1.165, 1.54) is 0 Å². The van der Waals surface area contributed by atoms with E-state index in [-0.39, 0.29) is 11.7 Å². The van der Waals surface area contributed by atoms with Crippen molar-refractivity contribution in [3.63, 3.8) is 0 Å². The normalized spacial score (nSPS) is 18.6.